The fraction of sp³-hybridized carbons (Fsp3) is 0.588. The van der Waals surface area contributed by atoms with Crippen LogP contribution in [0, 0.1) is 5.92 Å². The van der Waals surface area contributed by atoms with Gasteiger partial charge in [-0.15, -0.1) is 0 Å². The molecule has 0 spiro atoms. The number of anilines is 1. The lowest BCUT2D eigenvalue weighted by Crippen LogP contribution is -2.36. The SMILES string of the molecule is C[C@@H](CNC(=O)Nc1ccccc1CC(F)(F)F)CN1CCCC1. The number of halogens is 3. The van der Waals surface area contributed by atoms with E-state index in [-0.39, 0.29) is 11.3 Å². The molecule has 0 unspecified atom stereocenters. The zero-order chi connectivity index (χ0) is 17.6. The second kappa shape index (κ2) is 8.37. The highest BCUT2D eigenvalue weighted by Gasteiger charge is 2.29. The number of para-hydroxylation sites is 1. The van der Waals surface area contributed by atoms with Crippen LogP contribution in [0.4, 0.5) is 23.7 Å². The number of carbonyl (C=O) groups is 1. The first-order chi connectivity index (χ1) is 11.3. The van der Waals surface area contributed by atoms with Gasteiger partial charge in [0.1, 0.15) is 0 Å². The lowest BCUT2D eigenvalue weighted by molar-refractivity contribution is -0.127. The average molecular weight is 343 g/mol. The van der Waals surface area contributed by atoms with Crippen LogP contribution in [0.3, 0.4) is 0 Å². The summed E-state index contributed by atoms with van der Waals surface area (Å²) in [7, 11) is 0. The third kappa shape index (κ3) is 6.39. The van der Waals surface area contributed by atoms with Crippen molar-refractivity contribution in [3.8, 4) is 0 Å². The van der Waals surface area contributed by atoms with Gasteiger partial charge in [-0.1, -0.05) is 25.1 Å². The number of alkyl halides is 3. The minimum Gasteiger partial charge on any atom is -0.338 e. The Balaban J connectivity index is 1.81. The number of benzene rings is 1. The molecule has 4 nitrogen and oxygen atoms in total. The van der Waals surface area contributed by atoms with Gasteiger partial charge in [0.2, 0.25) is 0 Å². The van der Waals surface area contributed by atoms with Crippen LogP contribution in [-0.4, -0.2) is 43.3 Å². The first kappa shape index (κ1) is 18.6. The maximum atomic E-state index is 12.6. The van der Waals surface area contributed by atoms with Crippen molar-refractivity contribution in [2.75, 3.05) is 31.5 Å². The van der Waals surface area contributed by atoms with E-state index < -0.39 is 18.6 Å². The molecule has 0 aliphatic carbocycles. The Kier molecular flexibility index (Phi) is 6.48. The largest absolute Gasteiger partial charge is 0.393 e. The summed E-state index contributed by atoms with van der Waals surface area (Å²) in [5, 5.41) is 5.26. The number of nitrogens with zero attached hydrogens (tertiary/aromatic N) is 1. The topological polar surface area (TPSA) is 44.4 Å². The van der Waals surface area contributed by atoms with Crippen molar-refractivity contribution in [3.05, 3.63) is 29.8 Å². The molecular formula is C17H24F3N3O. The molecule has 1 atom stereocenters. The zero-order valence-electron chi connectivity index (χ0n) is 13.8. The minimum absolute atomic E-state index is 0.0604. The van der Waals surface area contributed by atoms with Gasteiger partial charge < -0.3 is 15.5 Å². The first-order valence-electron chi connectivity index (χ1n) is 8.25. The number of hydrogen-bond acceptors (Lipinski definition) is 2. The number of carbonyl (C=O) groups excluding carboxylic acids is 1. The Morgan fingerprint density at radius 1 is 1.25 bits per heavy atom. The molecule has 1 aromatic carbocycles. The summed E-state index contributed by atoms with van der Waals surface area (Å²) < 4.78 is 37.7. The Labute approximate surface area is 140 Å². The Morgan fingerprint density at radius 3 is 2.58 bits per heavy atom. The van der Waals surface area contributed by atoms with Crippen LogP contribution in [0.1, 0.15) is 25.3 Å². The van der Waals surface area contributed by atoms with E-state index in [0.717, 1.165) is 19.6 Å². The highest BCUT2D eigenvalue weighted by molar-refractivity contribution is 5.90. The van der Waals surface area contributed by atoms with E-state index in [9.17, 15) is 18.0 Å². The molecule has 1 aliphatic heterocycles. The predicted molar refractivity (Wildman–Crippen MR) is 88.1 cm³/mol. The third-order valence-electron chi connectivity index (χ3n) is 4.04. The minimum atomic E-state index is -4.31. The highest BCUT2D eigenvalue weighted by Crippen LogP contribution is 2.25. The van der Waals surface area contributed by atoms with Crippen molar-refractivity contribution in [2.24, 2.45) is 5.92 Å². The summed E-state index contributed by atoms with van der Waals surface area (Å²) in [5.74, 6) is 0.291. The van der Waals surface area contributed by atoms with Gasteiger partial charge in [0, 0.05) is 18.8 Å². The molecule has 1 saturated heterocycles. The number of amides is 2. The van der Waals surface area contributed by atoms with Gasteiger partial charge in [0.15, 0.2) is 0 Å². The average Bonchev–Trinajstić information content (AvgIpc) is 2.99. The van der Waals surface area contributed by atoms with Gasteiger partial charge in [0.25, 0.3) is 0 Å². The molecule has 1 aromatic rings. The summed E-state index contributed by atoms with van der Waals surface area (Å²) in [4.78, 5) is 14.3. The van der Waals surface area contributed by atoms with Crippen LogP contribution in [0.2, 0.25) is 0 Å². The Morgan fingerprint density at radius 2 is 1.92 bits per heavy atom. The second-order valence-electron chi connectivity index (χ2n) is 6.40. The van der Waals surface area contributed by atoms with E-state index in [1.807, 2.05) is 0 Å². The van der Waals surface area contributed by atoms with E-state index in [1.165, 1.54) is 31.0 Å². The summed E-state index contributed by atoms with van der Waals surface area (Å²) in [6.07, 6.45) is -2.93. The Bertz CT molecular complexity index is 542. The van der Waals surface area contributed by atoms with Crippen LogP contribution in [0.15, 0.2) is 24.3 Å². The number of urea groups is 1. The molecule has 0 bridgehead atoms. The maximum absolute atomic E-state index is 12.6. The van der Waals surface area contributed by atoms with Crippen LogP contribution in [0.25, 0.3) is 0 Å². The third-order valence-corrected chi connectivity index (χ3v) is 4.04. The van der Waals surface area contributed by atoms with Crippen molar-refractivity contribution >= 4 is 11.7 Å². The van der Waals surface area contributed by atoms with Gasteiger partial charge in [-0.05, 0) is 43.5 Å². The van der Waals surface area contributed by atoms with Gasteiger partial charge in [-0.3, -0.25) is 0 Å². The Hall–Kier alpha value is -1.76. The van der Waals surface area contributed by atoms with Gasteiger partial charge in [-0.25, -0.2) is 4.79 Å². The quantitative estimate of drug-likeness (QED) is 0.828. The maximum Gasteiger partial charge on any atom is 0.393 e. The molecule has 1 fully saturated rings. The molecule has 0 aromatic heterocycles. The molecule has 2 rings (SSSR count). The second-order valence-corrected chi connectivity index (χ2v) is 6.40. The lowest BCUT2D eigenvalue weighted by atomic mass is 10.1. The number of likely N-dealkylation sites (tertiary alicyclic amines) is 1. The lowest BCUT2D eigenvalue weighted by Gasteiger charge is -2.20. The smallest absolute Gasteiger partial charge is 0.338 e. The van der Waals surface area contributed by atoms with E-state index in [1.54, 1.807) is 6.07 Å². The fourth-order valence-electron chi connectivity index (χ4n) is 2.92. The monoisotopic (exact) mass is 343 g/mol. The van der Waals surface area contributed by atoms with Crippen molar-refractivity contribution in [2.45, 2.75) is 32.4 Å². The summed E-state index contributed by atoms with van der Waals surface area (Å²) in [6, 6.07) is 5.51. The van der Waals surface area contributed by atoms with Gasteiger partial charge in [-0.2, -0.15) is 13.2 Å². The highest BCUT2D eigenvalue weighted by atomic mass is 19.4. The number of rotatable bonds is 6. The molecular weight excluding hydrogens is 319 g/mol. The number of hydrogen-bond donors (Lipinski definition) is 2. The normalized spacial score (nSPS) is 16.8. The van der Waals surface area contributed by atoms with Crippen LogP contribution in [0.5, 0.6) is 0 Å². The molecule has 7 heteroatoms. The van der Waals surface area contributed by atoms with Crippen molar-refractivity contribution < 1.29 is 18.0 Å². The van der Waals surface area contributed by atoms with Crippen molar-refractivity contribution in [3.63, 3.8) is 0 Å². The van der Waals surface area contributed by atoms with Gasteiger partial charge >= 0.3 is 12.2 Å². The fourth-order valence-corrected chi connectivity index (χ4v) is 2.92. The van der Waals surface area contributed by atoms with E-state index >= 15 is 0 Å². The predicted octanol–water partition coefficient (Wildman–Crippen LogP) is 3.64. The molecule has 1 aliphatic rings. The summed E-state index contributed by atoms with van der Waals surface area (Å²) in [6.45, 7) is 5.66. The van der Waals surface area contributed by atoms with Gasteiger partial charge in [0.05, 0.1) is 6.42 Å². The molecule has 24 heavy (non-hydrogen) atoms. The van der Waals surface area contributed by atoms with E-state index in [0.29, 0.717) is 12.5 Å². The molecule has 2 amide bonds. The zero-order valence-corrected chi connectivity index (χ0v) is 13.8. The van der Waals surface area contributed by atoms with Crippen LogP contribution in [-0.2, 0) is 6.42 Å². The standard InChI is InChI=1S/C17H24F3N3O/c1-13(12-23-8-4-5-9-23)11-21-16(24)22-15-7-3-2-6-14(15)10-17(18,19)20/h2-3,6-7,13H,4-5,8-12H2,1H3,(H2,21,22,24)/t13-/m0/s1. The molecule has 134 valence electrons. The molecule has 2 N–H and O–H groups in total. The van der Waals surface area contributed by atoms with Crippen molar-refractivity contribution in [1.29, 1.82) is 0 Å². The summed E-state index contributed by atoms with van der Waals surface area (Å²) >= 11 is 0. The van der Waals surface area contributed by atoms with E-state index in [4.69, 9.17) is 0 Å². The molecule has 0 radical (unpaired) electrons. The van der Waals surface area contributed by atoms with E-state index in [2.05, 4.69) is 22.5 Å². The molecule has 1 heterocycles. The summed E-state index contributed by atoms with van der Waals surface area (Å²) in [5.41, 5.74) is 0.254. The van der Waals surface area contributed by atoms with Crippen LogP contribution >= 0.6 is 0 Å². The van der Waals surface area contributed by atoms with Crippen molar-refractivity contribution in [1.82, 2.24) is 10.2 Å². The number of nitrogens with one attached hydrogen (secondary N) is 2. The van der Waals surface area contributed by atoms with Crippen LogP contribution < -0.4 is 10.6 Å². The molecule has 0 saturated carbocycles. The first-order valence-corrected chi connectivity index (χ1v) is 8.25.